The molecule has 0 aliphatic heterocycles. The molecule has 24 heavy (non-hydrogen) atoms. The third-order valence-corrected chi connectivity index (χ3v) is 5.28. The molecule has 0 fully saturated rings. The highest BCUT2D eigenvalue weighted by atomic mass is 32.2. The molecular weight excluding hydrogens is 326 g/mol. The van der Waals surface area contributed by atoms with Crippen LogP contribution in [-0.4, -0.2) is 30.2 Å². The van der Waals surface area contributed by atoms with E-state index in [9.17, 15) is 13.2 Å². The molecule has 0 radical (unpaired) electrons. The van der Waals surface area contributed by atoms with Crippen LogP contribution in [0.1, 0.15) is 23.7 Å². The van der Waals surface area contributed by atoms with E-state index in [0.717, 1.165) is 0 Å². The van der Waals surface area contributed by atoms with E-state index in [1.165, 1.54) is 6.20 Å². The second-order valence-electron chi connectivity index (χ2n) is 5.57. The molecular formula is C17H17N3O3S. The number of aromatic nitrogens is 2. The Hall–Kier alpha value is -2.51. The summed E-state index contributed by atoms with van der Waals surface area (Å²) in [5.74, 6) is -0.105. The van der Waals surface area contributed by atoms with Gasteiger partial charge in [-0.3, -0.25) is 4.79 Å². The second kappa shape index (κ2) is 6.54. The van der Waals surface area contributed by atoms with Crippen LogP contribution in [-0.2, 0) is 10.0 Å². The van der Waals surface area contributed by atoms with E-state index in [1.807, 2.05) is 6.07 Å². The molecule has 0 unspecified atom stereocenters. The highest BCUT2D eigenvalue weighted by Crippen LogP contribution is 2.21. The fourth-order valence-corrected chi connectivity index (χ4v) is 3.95. The number of hydrogen-bond donors (Lipinski definition) is 2. The maximum absolute atomic E-state index is 12.6. The van der Waals surface area contributed by atoms with Gasteiger partial charge in [-0.2, -0.15) is 0 Å². The van der Waals surface area contributed by atoms with Crippen LogP contribution in [0.3, 0.4) is 0 Å². The van der Waals surface area contributed by atoms with Crippen LogP contribution in [0.15, 0.2) is 59.8 Å². The number of carbonyl (C=O) groups excluding carboxylic acids is 1. The Morgan fingerprint density at radius 1 is 1.21 bits per heavy atom. The van der Waals surface area contributed by atoms with Gasteiger partial charge in [-0.25, -0.2) is 18.1 Å². The third-order valence-electron chi connectivity index (χ3n) is 3.65. The summed E-state index contributed by atoms with van der Waals surface area (Å²) in [6.07, 6.45) is 3.08. The number of ketones is 1. The number of Topliss-reactive ketones (excluding diaryl/α,β-unsaturated/α-hetero) is 1. The first-order chi connectivity index (χ1) is 11.5. The Morgan fingerprint density at radius 3 is 2.71 bits per heavy atom. The standard InChI is InChI=1S/C17H17N3O3S/c1-12(10-15(21)13-6-3-2-4-7-13)20-24(22,23)16-11-19-17-14(16)8-5-9-18-17/h2-9,11-12,20H,10H2,1H3,(H,18,19)/t12-/m0/s1. The van der Waals surface area contributed by atoms with Gasteiger partial charge in [0, 0.05) is 35.8 Å². The van der Waals surface area contributed by atoms with Gasteiger partial charge in [0.25, 0.3) is 0 Å². The normalized spacial score (nSPS) is 13.0. The number of nitrogens with one attached hydrogen (secondary N) is 2. The zero-order valence-electron chi connectivity index (χ0n) is 13.1. The zero-order chi connectivity index (χ0) is 17.2. The molecule has 3 aromatic rings. The summed E-state index contributed by atoms with van der Waals surface area (Å²) >= 11 is 0. The quantitative estimate of drug-likeness (QED) is 0.673. The first-order valence-corrected chi connectivity index (χ1v) is 8.98. The Labute approximate surface area is 140 Å². The van der Waals surface area contributed by atoms with Crippen molar-refractivity contribution in [3.63, 3.8) is 0 Å². The van der Waals surface area contributed by atoms with Crippen molar-refractivity contribution in [2.24, 2.45) is 0 Å². The number of benzene rings is 1. The van der Waals surface area contributed by atoms with Gasteiger partial charge >= 0.3 is 0 Å². The van der Waals surface area contributed by atoms with Crippen LogP contribution in [0.4, 0.5) is 0 Å². The lowest BCUT2D eigenvalue weighted by atomic mass is 10.1. The van der Waals surface area contributed by atoms with Gasteiger partial charge in [-0.1, -0.05) is 30.3 Å². The number of rotatable bonds is 6. The molecule has 0 aliphatic carbocycles. The van der Waals surface area contributed by atoms with Crippen LogP contribution < -0.4 is 4.72 Å². The van der Waals surface area contributed by atoms with Gasteiger partial charge < -0.3 is 4.98 Å². The largest absolute Gasteiger partial charge is 0.345 e. The molecule has 2 heterocycles. The lowest BCUT2D eigenvalue weighted by Crippen LogP contribution is -2.34. The van der Waals surface area contributed by atoms with Gasteiger partial charge in [0.05, 0.1) is 0 Å². The predicted octanol–water partition coefficient (Wildman–Crippen LogP) is 2.50. The van der Waals surface area contributed by atoms with Gasteiger partial charge in [0.15, 0.2) is 5.78 Å². The van der Waals surface area contributed by atoms with E-state index in [-0.39, 0.29) is 17.1 Å². The average Bonchev–Trinajstić information content (AvgIpc) is 3.00. The van der Waals surface area contributed by atoms with E-state index >= 15 is 0 Å². The van der Waals surface area contributed by atoms with Crippen molar-refractivity contribution in [3.8, 4) is 0 Å². The molecule has 7 heteroatoms. The smallest absolute Gasteiger partial charge is 0.243 e. The maximum atomic E-state index is 12.6. The van der Waals surface area contributed by atoms with Crippen molar-refractivity contribution >= 4 is 26.8 Å². The molecule has 1 atom stereocenters. The molecule has 2 N–H and O–H groups in total. The van der Waals surface area contributed by atoms with E-state index in [0.29, 0.717) is 16.6 Å². The Kier molecular flexibility index (Phi) is 4.46. The van der Waals surface area contributed by atoms with Crippen molar-refractivity contribution < 1.29 is 13.2 Å². The molecule has 0 bridgehead atoms. The molecule has 2 aromatic heterocycles. The van der Waals surface area contributed by atoms with Crippen LogP contribution in [0, 0.1) is 0 Å². The third kappa shape index (κ3) is 3.37. The summed E-state index contributed by atoms with van der Waals surface area (Å²) in [5, 5.41) is 0.520. The summed E-state index contributed by atoms with van der Waals surface area (Å²) in [6, 6.07) is 11.7. The number of nitrogens with zero attached hydrogens (tertiary/aromatic N) is 1. The van der Waals surface area contributed by atoms with Gasteiger partial charge in [-0.05, 0) is 19.1 Å². The summed E-state index contributed by atoms with van der Waals surface area (Å²) < 4.78 is 27.7. The first kappa shape index (κ1) is 16.4. The Morgan fingerprint density at radius 2 is 1.96 bits per heavy atom. The van der Waals surface area contributed by atoms with Crippen molar-refractivity contribution in [2.45, 2.75) is 24.3 Å². The number of H-pyrrole nitrogens is 1. The van der Waals surface area contributed by atoms with Gasteiger partial charge in [0.1, 0.15) is 10.5 Å². The van der Waals surface area contributed by atoms with E-state index in [1.54, 1.807) is 49.5 Å². The fourth-order valence-electron chi connectivity index (χ4n) is 2.54. The Balaban J connectivity index is 1.76. The number of hydrogen-bond acceptors (Lipinski definition) is 4. The second-order valence-corrected chi connectivity index (χ2v) is 7.25. The average molecular weight is 343 g/mol. The van der Waals surface area contributed by atoms with Crippen LogP contribution in [0.2, 0.25) is 0 Å². The minimum atomic E-state index is -3.74. The van der Waals surface area contributed by atoms with Crippen molar-refractivity contribution in [1.29, 1.82) is 0 Å². The summed E-state index contributed by atoms with van der Waals surface area (Å²) in [4.78, 5) is 19.2. The predicted molar refractivity (Wildman–Crippen MR) is 91.3 cm³/mol. The van der Waals surface area contributed by atoms with E-state index < -0.39 is 16.1 Å². The fraction of sp³-hybridized carbons (Fsp3) is 0.176. The molecule has 6 nitrogen and oxygen atoms in total. The van der Waals surface area contributed by atoms with Crippen LogP contribution >= 0.6 is 0 Å². The van der Waals surface area contributed by atoms with Gasteiger partial charge in [0.2, 0.25) is 10.0 Å². The number of sulfonamides is 1. The highest BCUT2D eigenvalue weighted by molar-refractivity contribution is 7.89. The lowest BCUT2D eigenvalue weighted by Gasteiger charge is -2.13. The SMILES string of the molecule is C[C@@H](CC(=O)c1ccccc1)NS(=O)(=O)c1c[nH]c2ncccc12. The summed E-state index contributed by atoms with van der Waals surface area (Å²) in [7, 11) is -3.74. The monoisotopic (exact) mass is 343 g/mol. The molecule has 0 aliphatic rings. The van der Waals surface area contributed by atoms with E-state index in [4.69, 9.17) is 0 Å². The molecule has 0 amide bonds. The lowest BCUT2D eigenvalue weighted by molar-refractivity contribution is 0.0975. The van der Waals surface area contributed by atoms with Gasteiger partial charge in [-0.15, -0.1) is 0 Å². The summed E-state index contributed by atoms with van der Waals surface area (Å²) in [6.45, 7) is 1.67. The minimum Gasteiger partial charge on any atom is -0.345 e. The molecule has 3 rings (SSSR count). The van der Waals surface area contributed by atoms with Crippen LogP contribution in [0.5, 0.6) is 0 Å². The Bertz CT molecular complexity index is 965. The maximum Gasteiger partial charge on any atom is 0.243 e. The highest BCUT2D eigenvalue weighted by Gasteiger charge is 2.23. The van der Waals surface area contributed by atoms with Crippen LogP contribution in [0.25, 0.3) is 11.0 Å². The molecule has 0 spiro atoms. The number of aromatic amines is 1. The van der Waals surface area contributed by atoms with Crippen molar-refractivity contribution in [1.82, 2.24) is 14.7 Å². The van der Waals surface area contributed by atoms with Crippen molar-refractivity contribution in [3.05, 3.63) is 60.4 Å². The first-order valence-electron chi connectivity index (χ1n) is 7.50. The molecule has 0 saturated carbocycles. The zero-order valence-corrected chi connectivity index (χ0v) is 13.9. The minimum absolute atomic E-state index is 0.0872. The summed E-state index contributed by atoms with van der Waals surface area (Å²) in [5.41, 5.74) is 1.07. The van der Waals surface area contributed by atoms with E-state index in [2.05, 4.69) is 14.7 Å². The number of carbonyl (C=O) groups is 1. The van der Waals surface area contributed by atoms with Crippen molar-refractivity contribution in [2.75, 3.05) is 0 Å². The molecule has 1 aromatic carbocycles. The molecule has 124 valence electrons. The topological polar surface area (TPSA) is 91.9 Å². The molecule has 0 saturated heterocycles. The number of fused-ring (bicyclic) bond motifs is 1. The number of pyridine rings is 1.